The van der Waals surface area contributed by atoms with Crippen LogP contribution < -0.4 is 0 Å². The Labute approximate surface area is 110 Å². The highest BCUT2D eigenvalue weighted by Crippen LogP contribution is 2.22. The molecule has 1 N–H and O–H groups in total. The lowest BCUT2D eigenvalue weighted by molar-refractivity contribution is 0.156. The molecule has 1 saturated heterocycles. The number of phenolic OH excluding ortho intramolecular Hbond substituents is 1. The van der Waals surface area contributed by atoms with Crippen LogP contribution in [0.2, 0.25) is 0 Å². The van der Waals surface area contributed by atoms with Crippen LogP contribution in [0, 0.1) is 5.92 Å². The second-order valence-electron chi connectivity index (χ2n) is 5.61. The molecule has 0 atom stereocenters. The van der Waals surface area contributed by atoms with Crippen LogP contribution in [0.15, 0.2) is 24.3 Å². The van der Waals surface area contributed by atoms with Crippen molar-refractivity contribution in [1.82, 2.24) is 9.80 Å². The number of hydrogen-bond acceptors (Lipinski definition) is 3. The topological polar surface area (TPSA) is 26.7 Å². The predicted octanol–water partition coefficient (Wildman–Crippen LogP) is 2.17. The maximum Gasteiger partial charge on any atom is 0.120 e. The Morgan fingerprint density at radius 1 is 1.22 bits per heavy atom. The number of aromatic hydroxyl groups is 1. The van der Waals surface area contributed by atoms with Gasteiger partial charge in [0.25, 0.3) is 0 Å². The summed E-state index contributed by atoms with van der Waals surface area (Å²) in [4.78, 5) is 4.73. The van der Waals surface area contributed by atoms with E-state index in [-0.39, 0.29) is 0 Å². The molecule has 100 valence electrons. The molecule has 0 spiro atoms. The number of likely N-dealkylation sites (tertiary alicyclic amines) is 1. The summed E-state index contributed by atoms with van der Waals surface area (Å²) < 4.78 is 0. The summed E-state index contributed by atoms with van der Waals surface area (Å²) in [5.41, 5.74) is 1.04. The highest BCUT2D eigenvalue weighted by Gasteiger charge is 2.20. The molecule has 0 radical (unpaired) electrons. The third kappa shape index (κ3) is 3.72. The first kappa shape index (κ1) is 13.4. The summed E-state index contributed by atoms with van der Waals surface area (Å²) in [5.74, 6) is 1.26. The molecule has 1 aliphatic rings. The Balaban J connectivity index is 1.82. The van der Waals surface area contributed by atoms with Crippen molar-refractivity contribution in [1.29, 1.82) is 0 Å². The Hall–Kier alpha value is -1.06. The van der Waals surface area contributed by atoms with Gasteiger partial charge in [0.1, 0.15) is 5.75 Å². The predicted molar refractivity (Wildman–Crippen MR) is 74.7 cm³/mol. The molecule has 0 aliphatic carbocycles. The van der Waals surface area contributed by atoms with E-state index < -0.39 is 0 Å². The van der Waals surface area contributed by atoms with Gasteiger partial charge in [0, 0.05) is 18.7 Å². The molecule has 1 aliphatic heterocycles. The SMILES string of the molecule is CN(C)CC1CCN(Cc2ccccc2O)CC1. The molecule has 3 nitrogen and oxygen atoms in total. The summed E-state index contributed by atoms with van der Waals surface area (Å²) >= 11 is 0. The molecule has 1 aromatic rings. The van der Waals surface area contributed by atoms with E-state index >= 15 is 0 Å². The zero-order valence-corrected chi connectivity index (χ0v) is 11.5. The molecule has 1 fully saturated rings. The summed E-state index contributed by atoms with van der Waals surface area (Å²) in [5, 5.41) is 9.78. The highest BCUT2D eigenvalue weighted by atomic mass is 16.3. The maximum atomic E-state index is 9.78. The lowest BCUT2D eigenvalue weighted by Crippen LogP contribution is -2.36. The molecule has 0 aromatic heterocycles. The standard InChI is InChI=1S/C15H24N2O/c1-16(2)11-13-7-9-17(10-8-13)12-14-5-3-4-6-15(14)18/h3-6,13,18H,7-12H2,1-2H3. The third-order valence-electron chi connectivity index (χ3n) is 3.72. The minimum atomic E-state index is 0.424. The molecule has 18 heavy (non-hydrogen) atoms. The molecular weight excluding hydrogens is 224 g/mol. The molecule has 3 heteroatoms. The number of hydrogen-bond donors (Lipinski definition) is 1. The van der Waals surface area contributed by atoms with Crippen molar-refractivity contribution >= 4 is 0 Å². The fourth-order valence-electron chi connectivity index (χ4n) is 2.73. The zero-order chi connectivity index (χ0) is 13.0. The minimum Gasteiger partial charge on any atom is -0.508 e. The highest BCUT2D eigenvalue weighted by molar-refractivity contribution is 5.31. The van der Waals surface area contributed by atoms with Gasteiger partial charge in [-0.3, -0.25) is 4.90 Å². The van der Waals surface area contributed by atoms with Crippen LogP contribution in [-0.2, 0) is 6.54 Å². The Morgan fingerprint density at radius 2 is 1.89 bits per heavy atom. The van der Waals surface area contributed by atoms with Crippen LogP contribution in [0.5, 0.6) is 5.75 Å². The quantitative estimate of drug-likeness (QED) is 0.884. The third-order valence-corrected chi connectivity index (χ3v) is 3.72. The normalized spacial score (nSPS) is 18.4. The molecular formula is C15H24N2O. The van der Waals surface area contributed by atoms with E-state index in [1.54, 1.807) is 6.07 Å². The average Bonchev–Trinajstić information content (AvgIpc) is 2.34. The lowest BCUT2D eigenvalue weighted by atomic mass is 9.96. The molecule has 0 unspecified atom stereocenters. The molecule has 1 aromatic carbocycles. The Morgan fingerprint density at radius 3 is 2.50 bits per heavy atom. The van der Waals surface area contributed by atoms with Gasteiger partial charge in [-0.05, 0) is 52.0 Å². The number of nitrogens with zero attached hydrogens (tertiary/aromatic N) is 2. The summed E-state index contributed by atoms with van der Waals surface area (Å²) in [6.45, 7) is 4.37. The number of phenols is 1. The van der Waals surface area contributed by atoms with E-state index in [1.807, 2.05) is 18.2 Å². The van der Waals surface area contributed by atoms with Gasteiger partial charge in [0.05, 0.1) is 0 Å². The van der Waals surface area contributed by atoms with Gasteiger partial charge in [0.15, 0.2) is 0 Å². The molecule has 2 rings (SSSR count). The molecule has 0 amide bonds. The fourth-order valence-corrected chi connectivity index (χ4v) is 2.73. The fraction of sp³-hybridized carbons (Fsp3) is 0.600. The first-order valence-electron chi connectivity index (χ1n) is 6.79. The van der Waals surface area contributed by atoms with Crippen molar-refractivity contribution in [2.45, 2.75) is 19.4 Å². The van der Waals surface area contributed by atoms with Gasteiger partial charge in [0.2, 0.25) is 0 Å². The monoisotopic (exact) mass is 248 g/mol. The van der Waals surface area contributed by atoms with Crippen LogP contribution in [0.25, 0.3) is 0 Å². The lowest BCUT2D eigenvalue weighted by Gasteiger charge is -2.33. The van der Waals surface area contributed by atoms with Crippen molar-refractivity contribution in [3.8, 4) is 5.75 Å². The van der Waals surface area contributed by atoms with E-state index in [9.17, 15) is 5.11 Å². The van der Waals surface area contributed by atoms with Crippen molar-refractivity contribution in [3.63, 3.8) is 0 Å². The average molecular weight is 248 g/mol. The van der Waals surface area contributed by atoms with E-state index in [0.717, 1.165) is 31.1 Å². The van der Waals surface area contributed by atoms with Gasteiger partial charge in [-0.25, -0.2) is 0 Å². The number of rotatable bonds is 4. The van der Waals surface area contributed by atoms with E-state index in [0.29, 0.717) is 5.75 Å². The zero-order valence-electron chi connectivity index (χ0n) is 11.5. The first-order valence-corrected chi connectivity index (χ1v) is 6.79. The Kier molecular flexibility index (Phi) is 4.61. The van der Waals surface area contributed by atoms with Crippen molar-refractivity contribution in [3.05, 3.63) is 29.8 Å². The van der Waals surface area contributed by atoms with Crippen molar-refractivity contribution in [2.24, 2.45) is 5.92 Å². The van der Waals surface area contributed by atoms with Gasteiger partial charge in [-0.1, -0.05) is 18.2 Å². The van der Waals surface area contributed by atoms with E-state index in [4.69, 9.17) is 0 Å². The summed E-state index contributed by atoms with van der Waals surface area (Å²) in [6.07, 6.45) is 2.54. The Bertz CT molecular complexity index is 371. The van der Waals surface area contributed by atoms with Gasteiger partial charge in [-0.15, -0.1) is 0 Å². The van der Waals surface area contributed by atoms with Crippen LogP contribution in [0.3, 0.4) is 0 Å². The van der Waals surface area contributed by atoms with Crippen molar-refractivity contribution in [2.75, 3.05) is 33.7 Å². The van der Waals surface area contributed by atoms with E-state index in [1.165, 1.54) is 19.4 Å². The van der Waals surface area contributed by atoms with Crippen molar-refractivity contribution < 1.29 is 5.11 Å². The summed E-state index contributed by atoms with van der Waals surface area (Å²) in [7, 11) is 4.29. The van der Waals surface area contributed by atoms with Gasteiger partial charge in [-0.2, -0.15) is 0 Å². The largest absolute Gasteiger partial charge is 0.508 e. The molecule has 0 bridgehead atoms. The van der Waals surface area contributed by atoms with Crippen LogP contribution >= 0.6 is 0 Å². The number of benzene rings is 1. The van der Waals surface area contributed by atoms with Gasteiger partial charge >= 0.3 is 0 Å². The van der Waals surface area contributed by atoms with E-state index in [2.05, 4.69) is 23.9 Å². The van der Waals surface area contributed by atoms with Crippen LogP contribution in [0.4, 0.5) is 0 Å². The van der Waals surface area contributed by atoms with Crippen LogP contribution in [0.1, 0.15) is 18.4 Å². The minimum absolute atomic E-state index is 0.424. The van der Waals surface area contributed by atoms with Crippen LogP contribution in [-0.4, -0.2) is 48.6 Å². The number of para-hydroxylation sites is 1. The summed E-state index contributed by atoms with van der Waals surface area (Å²) in [6, 6.07) is 7.66. The van der Waals surface area contributed by atoms with Gasteiger partial charge < -0.3 is 10.0 Å². The molecule has 1 heterocycles. The number of piperidine rings is 1. The maximum absolute atomic E-state index is 9.78. The second-order valence-corrected chi connectivity index (χ2v) is 5.61. The second kappa shape index (κ2) is 6.21. The molecule has 0 saturated carbocycles. The first-order chi connectivity index (χ1) is 8.65. The smallest absolute Gasteiger partial charge is 0.120 e.